The molecule has 3 aromatic rings. The summed E-state index contributed by atoms with van der Waals surface area (Å²) in [7, 11) is 0. The van der Waals surface area contributed by atoms with Gasteiger partial charge in [-0.2, -0.15) is 5.26 Å². The molecule has 2 aromatic carbocycles. The normalized spacial score (nSPS) is 10.2. The Balaban J connectivity index is 1.72. The molecule has 1 heterocycles. The lowest BCUT2D eigenvalue weighted by atomic mass is 10.1. The molecule has 0 aliphatic heterocycles. The van der Waals surface area contributed by atoms with Crippen molar-refractivity contribution >= 4 is 0 Å². The third-order valence-electron chi connectivity index (χ3n) is 4.03. The van der Waals surface area contributed by atoms with Crippen LogP contribution in [0.4, 0.5) is 0 Å². The van der Waals surface area contributed by atoms with E-state index in [9.17, 15) is 0 Å². The predicted molar refractivity (Wildman–Crippen MR) is 100 cm³/mol. The van der Waals surface area contributed by atoms with Gasteiger partial charge in [0.15, 0.2) is 0 Å². The average molecular weight is 328 g/mol. The van der Waals surface area contributed by atoms with Gasteiger partial charge in [-0.05, 0) is 42.3 Å². The van der Waals surface area contributed by atoms with Gasteiger partial charge in [-0.3, -0.25) is 4.98 Å². The van der Waals surface area contributed by atoms with Gasteiger partial charge in [-0.25, -0.2) is 0 Å². The van der Waals surface area contributed by atoms with Crippen molar-refractivity contribution in [2.45, 2.75) is 19.8 Å². The average Bonchev–Trinajstić information content (AvgIpc) is 2.69. The highest BCUT2D eigenvalue weighted by atomic mass is 16.5. The van der Waals surface area contributed by atoms with Crippen molar-refractivity contribution in [1.29, 1.82) is 5.26 Å². The van der Waals surface area contributed by atoms with Gasteiger partial charge in [-0.15, -0.1) is 0 Å². The van der Waals surface area contributed by atoms with Gasteiger partial charge in [0.05, 0.1) is 23.9 Å². The highest BCUT2D eigenvalue weighted by Crippen LogP contribution is 2.24. The van der Waals surface area contributed by atoms with Gasteiger partial charge in [0.2, 0.25) is 0 Å². The number of rotatable bonds is 6. The first kappa shape index (κ1) is 16.7. The highest BCUT2D eigenvalue weighted by Gasteiger charge is 2.03. The molecule has 0 radical (unpaired) electrons. The zero-order valence-corrected chi connectivity index (χ0v) is 14.3. The lowest BCUT2D eigenvalue weighted by Gasteiger charge is -2.07. The van der Waals surface area contributed by atoms with Crippen molar-refractivity contribution in [2.75, 3.05) is 6.61 Å². The SMILES string of the molecule is CCCCOc1ccc(-c2ccc(-c3ccc(C#N)cc3)nc2)cc1. The molecule has 0 N–H and O–H groups in total. The van der Waals surface area contributed by atoms with Gasteiger partial charge < -0.3 is 4.74 Å². The molecule has 0 unspecified atom stereocenters. The van der Waals surface area contributed by atoms with Gasteiger partial charge in [0.25, 0.3) is 0 Å². The van der Waals surface area contributed by atoms with Crippen molar-refractivity contribution in [1.82, 2.24) is 4.98 Å². The fraction of sp³-hybridized carbons (Fsp3) is 0.182. The second kappa shape index (κ2) is 8.12. The van der Waals surface area contributed by atoms with E-state index >= 15 is 0 Å². The number of hydrogen-bond acceptors (Lipinski definition) is 3. The minimum Gasteiger partial charge on any atom is -0.494 e. The first-order valence-corrected chi connectivity index (χ1v) is 8.50. The fourth-order valence-corrected chi connectivity index (χ4v) is 2.53. The number of nitrogens with zero attached hydrogens (tertiary/aromatic N) is 2. The minimum absolute atomic E-state index is 0.654. The molecule has 0 bridgehead atoms. The van der Waals surface area contributed by atoms with Crippen molar-refractivity contribution < 1.29 is 4.74 Å². The number of benzene rings is 2. The van der Waals surface area contributed by atoms with E-state index < -0.39 is 0 Å². The summed E-state index contributed by atoms with van der Waals surface area (Å²) in [5.74, 6) is 0.902. The lowest BCUT2D eigenvalue weighted by Crippen LogP contribution is -1.95. The predicted octanol–water partition coefficient (Wildman–Crippen LogP) is 5.47. The van der Waals surface area contributed by atoms with Crippen LogP contribution < -0.4 is 4.74 Å². The van der Waals surface area contributed by atoms with Crippen LogP contribution in [0.1, 0.15) is 25.3 Å². The van der Waals surface area contributed by atoms with E-state index in [2.05, 4.69) is 36.2 Å². The Kier molecular flexibility index (Phi) is 5.43. The quantitative estimate of drug-likeness (QED) is 0.564. The van der Waals surface area contributed by atoms with E-state index in [1.807, 2.05) is 48.7 Å². The molecule has 0 atom stereocenters. The van der Waals surface area contributed by atoms with E-state index in [1.165, 1.54) is 0 Å². The summed E-state index contributed by atoms with van der Waals surface area (Å²) in [6.45, 7) is 2.91. The van der Waals surface area contributed by atoms with E-state index in [0.29, 0.717) is 5.56 Å². The molecular formula is C22H20N2O. The molecule has 0 amide bonds. The minimum atomic E-state index is 0.654. The summed E-state index contributed by atoms with van der Waals surface area (Å²) >= 11 is 0. The Bertz CT molecular complexity index is 845. The zero-order chi connectivity index (χ0) is 17.5. The van der Waals surface area contributed by atoms with Crippen molar-refractivity contribution in [3.8, 4) is 34.2 Å². The topological polar surface area (TPSA) is 45.9 Å². The first-order chi connectivity index (χ1) is 12.3. The number of hydrogen-bond donors (Lipinski definition) is 0. The molecule has 0 saturated heterocycles. The Labute approximate surface area is 148 Å². The molecule has 25 heavy (non-hydrogen) atoms. The molecule has 0 spiro atoms. The Hall–Kier alpha value is -3.12. The van der Waals surface area contributed by atoms with Crippen molar-refractivity contribution in [3.05, 3.63) is 72.4 Å². The van der Waals surface area contributed by atoms with Crippen molar-refractivity contribution in [3.63, 3.8) is 0 Å². The molecular weight excluding hydrogens is 308 g/mol. The second-order valence-electron chi connectivity index (χ2n) is 5.85. The summed E-state index contributed by atoms with van der Waals surface area (Å²) in [5, 5.41) is 8.87. The number of aromatic nitrogens is 1. The largest absolute Gasteiger partial charge is 0.494 e. The zero-order valence-electron chi connectivity index (χ0n) is 14.3. The van der Waals surface area contributed by atoms with Gasteiger partial charge >= 0.3 is 0 Å². The van der Waals surface area contributed by atoms with Crippen LogP contribution in [-0.2, 0) is 0 Å². The van der Waals surface area contributed by atoms with Crippen LogP contribution in [0.5, 0.6) is 5.75 Å². The standard InChI is InChI=1S/C22H20N2O/c1-2-3-14-25-21-11-8-18(9-12-21)20-10-13-22(24-16-20)19-6-4-17(15-23)5-7-19/h4-13,16H,2-3,14H2,1H3. The summed E-state index contributed by atoms with van der Waals surface area (Å²) in [6, 6.07) is 21.8. The summed E-state index contributed by atoms with van der Waals surface area (Å²) in [6.07, 6.45) is 4.08. The first-order valence-electron chi connectivity index (χ1n) is 8.50. The van der Waals surface area contributed by atoms with Gasteiger partial charge in [-0.1, -0.05) is 43.7 Å². The Morgan fingerprint density at radius 3 is 2.16 bits per heavy atom. The van der Waals surface area contributed by atoms with E-state index in [0.717, 1.165) is 47.6 Å². The maximum atomic E-state index is 8.87. The molecule has 3 nitrogen and oxygen atoms in total. The lowest BCUT2D eigenvalue weighted by molar-refractivity contribution is 0.309. The maximum absolute atomic E-state index is 8.87. The maximum Gasteiger partial charge on any atom is 0.119 e. The third-order valence-corrected chi connectivity index (χ3v) is 4.03. The van der Waals surface area contributed by atoms with Crippen LogP contribution in [0.2, 0.25) is 0 Å². The van der Waals surface area contributed by atoms with Crippen LogP contribution in [0, 0.1) is 11.3 Å². The summed E-state index contributed by atoms with van der Waals surface area (Å²) in [5.41, 5.74) is 4.74. The van der Waals surface area contributed by atoms with Crippen LogP contribution in [0.15, 0.2) is 66.9 Å². The fourth-order valence-electron chi connectivity index (χ4n) is 2.53. The van der Waals surface area contributed by atoms with Crippen LogP contribution in [-0.4, -0.2) is 11.6 Å². The molecule has 3 rings (SSSR count). The monoisotopic (exact) mass is 328 g/mol. The molecule has 124 valence electrons. The number of unbranched alkanes of at least 4 members (excludes halogenated alkanes) is 1. The van der Waals surface area contributed by atoms with Gasteiger partial charge in [0, 0.05) is 17.3 Å². The number of nitriles is 1. The van der Waals surface area contributed by atoms with E-state index in [1.54, 1.807) is 0 Å². The molecule has 0 aliphatic carbocycles. The van der Waals surface area contributed by atoms with E-state index in [-0.39, 0.29) is 0 Å². The smallest absolute Gasteiger partial charge is 0.119 e. The summed E-state index contributed by atoms with van der Waals surface area (Å²) in [4.78, 5) is 4.55. The van der Waals surface area contributed by atoms with Crippen LogP contribution >= 0.6 is 0 Å². The Morgan fingerprint density at radius 2 is 1.56 bits per heavy atom. The molecule has 3 heteroatoms. The van der Waals surface area contributed by atoms with Crippen molar-refractivity contribution in [2.24, 2.45) is 0 Å². The molecule has 0 saturated carbocycles. The second-order valence-corrected chi connectivity index (χ2v) is 5.85. The number of pyridine rings is 1. The molecule has 0 fully saturated rings. The van der Waals surface area contributed by atoms with E-state index in [4.69, 9.17) is 10.00 Å². The molecule has 1 aromatic heterocycles. The highest BCUT2D eigenvalue weighted by molar-refractivity contribution is 5.67. The Morgan fingerprint density at radius 1 is 0.880 bits per heavy atom. The molecule has 0 aliphatic rings. The third kappa shape index (κ3) is 4.24. The summed E-state index contributed by atoms with van der Waals surface area (Å²) < 4.78 is 5.69. The van der Waals surface area contributed by atoms with Gasteiger partial charge in [0.1, 0.15) is 5.75 Å². The number of ether oxygens (including phenoxy) is 1. The van der Waals surface area contributed by atoms with Crippen LogP contribution in [0.25, 0.3) is 22.4 Å². The van der Waals surface area contributed by atoms with Crippen LogP contribution in [0.3, 0.4) is 0 Å².